The molecule has 0 radical (unpaired) electrons. The maximum absolute atomic E-state index is 8.89. The molecule has 1 N–H and O–H groups in total. The minimum atomic E-state index is 0.404. The molecule has 17 heavy (non-hydrogen) atoms. The van der Waals surface area contributed by atoms with Crippen LogP contribution in [0.5, 0.6) is 0 Å². The van der Waals surface area contributed by atoms with Crippen LogP contribution in [0.1, 0.15) is 5.56 Å². The molecule has 0 aromatic carbocycles. The zero-order chi connectivity index (χ0) is 12.1. The number of nitrogens with zero attached hydrogens (tertiary/aromatic N) is 4. The standard InChI is InChI=1S/C11H9N5S/c1-17-10-3-2-9(6-14-10)16-11-8(4-12)5-13-7-15-11/h2-3,5-7H,1H3,(H,13,15,16). The minimum Gasteiger partial charge on any atom is -0.338 e. The monoisotopic (exact) mass is 243 g/mol. The van der Waals surface area contributed by atoms with Gasteiger partial charge < -0.3 is 5.32 Å². The third-order valence-corrected chi connectivity index (χ3v) is 2.70. The highest BCUT2D eigenvalue weighted by atomic mass is 32.2. The van der Waals surface area contributed by atoms with Gasteiger partial charge in [0.15, 0.2) is 5.82 Å². The number of nitrogens with one attached hydrogen (secondary N) is 1. The van der Waals surface area contributed by atoms with Gasteiger partial charge in [0.2, 0.25) is 0 Å². The molecule has 2 heterocycles. The number of rotatable bonds is 3. The second kappa shape index (κ2) is 5.27. The van der Waals surface area contributed by atoms with E-state index in [0.29, 0.717) is 11.4 Å². The molecule has 0 aliphatic carbocycles. The molecule has 0 saturated carbocycles. The van der Waals surface area contributed by atoms with Crippen molar-refractivity contribution in [2.75, 3.05) is 11.6 Å². The van der Waals surface area contributed by atoms with Crippen LogP contribution in [0.15, 0.2) is 35.9 Å². The Balaban J connectivity index is 2.23. The van der Waals surface area contributed by atoms with Gasteiger partial charge in [0.1, 0.15) is 18.0 Å². The van der Waals surface area contributed by atoms with Crippen LogP contribution in [0.4, 0.5) is 11.5 Å². The molecule has 2 aromatic heterocycles. The van der Waals surface area contributed by atoms with Crippen molar-refractivity contribution in [1.82, 2.24) is 15.0 Å². The van der Waals surface area contributed by atoms with Crippen molar-refractivity contribution < 1.29 is 0 Å². The lowest BCUT2D eigenvalue weighted by Crippen LogP contribution is -1.98. The molecule has 5 nitrogen and oxygen atoms in total. The van der Waals surface area contributed by atoms with Crippen molar-refractivity contribution >= 4 is 23.3 Å². The first-order chi connectivity index (χ1) is 8.33. The molecule has 2 aromatic rings. The first kappa shape index (κ1) is 11.4. The van der Waals surface area contributed by atoms with Gasteiger partial charge in [-0.3, -0.25) is 0 Å². The zero-order valence-corrected chi connectivity index (χ0v) is 9.90. The van der Waals surface area contributed by atoms with Crippen molar-refractivity contribution in [3.05, 3.63) is 36.4 Å². The average molecular weight is 243 g/mol. The molecule has 0 saturated heterocycles. The maximum Gasteiger partial charge on any atom is 0.151 e. The summed E-state index contributed by atoms with van der Waals surface area (Å²) in [5.41, 5.74) is 1.19. The van der Waals surface area contributed by atoms with Gasteiger partial charge in [-0.15, -0.1) is 11.8 Å². The van der Waals surface area contributed by atoms with Crippen LogP contribution in [0, 0.1) is 11.3 Å². The van der Waals surface area contributed by atoms with Gasteiger partial charge in [-0.2, -0.15) is 5.26 Å². The summed E-state index contributed by atoms with van der Waals surface area (Å²) in [6.07, 6.45) is 6.54. The third kappa shape index (κ3) is 2.71. The average Bonchev–Trinajstić information content (AvgIpc) is 2.40. The molecule has 0 bridgehead atoms. The van der Waals surface area contributed by atoms with Gasteiger partial charge in [0, 0.05) is 0 Å². The molecular formula is C11H9N5S. The van der Waals surface area contributed by atoms with Crippen LogP contribution in [-0.2, 0) is 0 Å². The summed E-state index contributed by atoms with van der Waals surface area (Å²) < 4.78 is 0. The van der Waals surface area contributed by atoms with Gasteiger partial charge in [-0.1, -0.05) is 0 Å². The van der Waals surface area contributed by atoms with E-state index in [1.165, 1.54) is 12.5 Å². The number of pyridine rings is 1. The summed E-state index contributed by atoms with van der Waals surface area (Å²) in [6, 6.07) is 5.82. The molecule has 0 fully saturated rings. The molecule has 0 spiro atoms. The normalized spacial score (nSPS) is 9.65. The predicted octanol–water partition coefficient (Wildman–Crippen LogP) is 2.21. The summed E-state index contributed by atoms with van der Waals surface area (Å²) in [6.45, 7) is 0. The van der Waals surface area contributed by atoms with Crippen LogP contribution in [0.25, 0.3) is 0 Å². The summed E-state index contributed by atoms with van der Waals surface area (Å²) in [4.78, 5) is 12.0. The smallest absolute Gasteiger partial charge is 0.151 e. The number of aromatic nitrogens is 3. The topological polar surface area (TPSA) is 74.5 Å². The number of hydrogen-bond donors (Lipinski definition) is 1. The fourth-order valence-electron chi connectivity index (χ4n) is 1.22. The Morgan fingerprint density at radius 1 is 1.29 bits per heavy atom. The van der Waals surface area contributed by atoms with Gasteiger partial charge >= 0.3 is 0 Å². The Morgan fingerprint density at radius 3 is 2.82 bits per heavy atom. The van der Waals surface area contributed by atoms with E-state index in [9.17, 15) is 0 Å². The number of nitriles is 1. The molecule has 84 valence electrons. The first-order valence-electron chi connectivity index (χ1n) is 4.80. The van der Waals surface area contributed by atoms with E-state index in [0.717, 1.165) is 10.7 Å². The fourth-order valence-corrected chi connectivity index (χ4v) is 1.58. The van der Waals surface area contributed by atoms with Crippen molar-refractivity contribution in [3.63, 3.8) is 0 Å². The highest BCUT2D eigenvalue weighted by Gasteiger charge is 2.03. The third-order valence-electron chi connectivity index (χ3n) is 2.04. The molecule has 6 heteroatoms. The summed E-state index contributed by atoms with van der Waals surface area (Å²) >= 11 is 1.57. The second-order valence-electron chi connectivity index (χ2n) is 3.11. The van der Waals surface area contributed by atoms with Crippen LogP contribution in [0.2, 0.25) is 0 Å². The van der Waals surface area contributed by atoms with Gasteiger partial charge in [0.25, 0.3) is 0 Å². The van der Waals surface area contributed by atoms with Crippen LogP contribution in [-0.4, -0.2) is 21.2 Å². The number of hydrogen-bond acceptors (Lipinski definition) is 6. The SMILES string of the molecule is CSc1ccc(Nc2ncncc2C#N)cn1. The molecule has 2 rings (SSSR count). The fraction of sp³-hybridized carbons (Fsp3) is 0.0909. The van der Waals surface area contributed by atoms with Crippen LogP contribution in [0.3, 0.4) is 0 Å². The van der Waals surface area contributed by atoms with Crippen molar-refractivity contribution in [1.29, 1.82) is 5.26 Å². The quantitative estimate of drug-likeness (QED) is 0.833. The minimum absolute atomic E-state index is 0.404. The lowest BCUT2D eigenvalue weighted by molar-refractivity contribution is 1.12. The van der Waals surface area contributed by atoms with E-state index >= 15 is 0 Å². The Hall–Kier alpha value is -2.13. The van der Waals surface area contributed by atoms with Gasteiger partial charge in [0.05, 0.1) is 23.1 Å². The van der Waals surface area contributed by atoms with E-state index in [4.69, 9.17) is 5.26 Å². The van der Waals surface area contributed by atoms with E-state index in [2.05, 4.69) is 20.3 Å². The van der Waals surface area contributed by atoms with Crippen LogP contribution >= 0.6 is 11.8 Å². The Morgan fingerprint density at radius 2 is 2.18 bits per heavy atom. The molecule has 0 aliphatic rings. The van der Waals surface area contributed by atoms with E-state index in [1.54, 1.807) is 18.0 Å². The lowest BCUT2D eigenvalue weighted by Gasteiger charge is -2.06. The molecule has 0 amide bonds. The van der Waals surface area contributed by atoms with Crippen LogP contribution < -0.4 is 5.32 Å². The van der Waals surface area contributed by atoms with Gasteiger partial charge in [-0.05, 0) is 18.4 Å². The number of anilines is 2. The Bertz CT molecular complexity index is 547. The van der Waals surface area contributed by atoms with E-state index in [1.807, 2.05) is 24.5 Å². The van der Waals surface area contributed by atoms with Crippen molar-refractivity contribution in [2.24, 2.45) is 0 Å². The highest BCUT2D eigenvalue weighted by Crippen LogP contribution is 2.18. The molecule has 0 aliphatic heterocycles. The second-order valence-corrected chi connectivity index (χ2v) is 3.94. The first-order valence-corrected chi connectivity index (χ1v) is 6.03. The molecule has 0 atom stereocenters. The van der Waals surface area contributed by atoms with Crippen molar-refractivity contribution in [3.8, 4) is 6.07 Å². The zero-order valence-electron chi connectivity index (χ0n) is 9.08. The lowest BCUT2D eigenvalue weighted by atomic mass is 10.3. The van der Waals surface area contributed by atoms with E-state index < -0.39 is 0 Å². The Labute approximate surface area is 103 Å². The van der Waals surface area contributed by atoms with Gasteiger partial charge in [-0.25, -0.2) is 15.0 Å². The molecule has 0 unspecified atom stereocenters. The number of thioether (sulfide) groups is 1. The summed E-state index contributed by atoms with van der Waals surface area (Å²) in [5, 5.41) is 12.9. The predicted molar refractivity (Wildman–Crippen MR) is 66.0 cm³/mol. The largest absolute Gasteiger partial charge is 0.338 e. The maximum atomic E-state index is 8.89. The van der Waals surface area contributed by atoms with Crippen molar-refractivity contribution in [2.45, 2.75) is 5.03 Å². The van der Waals surface area contributed by atoms with E-state index in [-0.39, 0.29) is 0 Å². The Kier molecular flexibility index (Phi) is 3.52. The summed E-state index contributed by atoms with van der Waals surface area (Å²) in [7, 11) is 0. The molecular weight excluding hydrogens is 234 g/mol. The summed E-state index contributed by atoms with van der Waals surface area (Å²) in [5.74, 6) is 0.487. The highest BCUT2D eigenvalue weighted by molar-refractivity contribution is 7.98.